The van der Waals surface area contributed by atoms with Gasteiger partial charge in [0.05, 0.1) is 16.1 Å². The molecule has 0 aliphatic rings. The molecule has 0 saturated carbocycles. The molecule has 2 N–H and O–H groups in total. The summed E-state index contributed by atoms with van der Waals surface area (Å²) in [6.07, 6.45) is 0. The molecule has 1 heterocycles. The number of halogens is 1. The molecule has 0 spiro atoms. The van der Waals surface area contributed by atoms with Gasteiger partial charge in [-0.1, -0.05) is 0 Å². The maximum atomic E-state index is 12.2. The van der Waals surface area contributed by atoms with E-state index in [1.807, 2.05) is 36.5 Å². The van der Waals surface area contributed by atoms with Crippen LogP contribution in [-0.2, 0) is 11.3 Å². The van der Waals surface area contributed by atoms with E-state index in [1.165, 1.54) is 0 Å². The van der Waals surface area contributed by atoms with Crippen LogP contribution >= 0.6 is 27.3 Å². The first kappa shape index (κ1) is 14.9. The van der Waals surface area contributed by atoms with Crippen LogP contribution in [0.1, 0.15) is 15.2 Å². The zero-order chi connectivity index (χ0) is 14.7. The number of carbonyl (C=O) groups excluding carboxylic acids is 1. The first-order valence-electron chi connectivity index (χ1n) is 5.95. The summed E-state index contributed by atoms with van der Waals surface area (Å²) >= 11 is 4.95. The third-order valence-electron chi connectivity index (χ3n) is 2.75. The fraction of sp³-hybridized carbons (Fsp3) is 0.214. The maximum Gasteiger partial charge on any atom is 0.340 e. The Morgan fingerprint density at radius 1 is 1.40 bits per heavy atom. The summed E-state index contributed by atoms with van der Waals surface area (Å²) in [7, 11) is 3.75. The van der Waals surface area contributed by atoms with E-state index in [4.69, 9.17) is 10.5 Å². The summed E-state index contributed by atoms with van der Waals surface area (Å²) in [4.78, 5) is 15.1. The van der Waals surface area contributed by atoms with Gasteiger partial charge in [-0.05, 0) is 45.6 Å². The van der Waals surface area contributed by atoms with Gasteiger partial charge >= 0.3 is 5.97 Å². The average Bonchev–Trinajstić information content (AvgIpc) is 2.81. The van der Waals surface area contributed by atoms with Gasteiger partial charge in [-0.2, -0.15) is 0 Å². The van der Waals surface area contributed by atoms with Gasteiger partial charge in [-0.15, -0.1) is 11.3 Å². The van der Waals surface area contributed by atoms with Crippen LogP contribution in [0.3, 0.4) is 0 Å². The highest BCUT2D eigenvalue weighted by molar-refractivity contribution is 9.10. The van der Waals surface area contributed by atoms with Crippen molar-refractivity contribution in [3.05, 3.63) is 44.6 Å². The van der Waals surface area contributed by atoms with E-state index in [2.05, 4.69) is 15.9 Å². The van der Waals surface area contributed by atoms with Crippen LogP contribution in [0.2, 0.25) is 0 Å². The van der Waals surface area contributed by atoms with E-state index in [-0.39, 0.29) is 12.6 Å². The number of ether oxygens (including phenoxy) is 1. The Morgan fingerprint density at radius 2 is 2.15 bits per heavy atom. The number of esters is 1. The Balaban J connectivity index is 2.16. The van der Waals surface area contributed by atoms with Gasteiger partial charge < -0.3 is 15.4 Å². The van der Waals surface area contributed by atoms with Gasteiger partial charge in [0.2, 0.25) is 0 Å². The summed E-state index contributed by atoms with van der Waals surface area (Å²) in [6, 6.07) is 7.15. The van der Waals surface area contributed by atoms with Crippen molar-refractivity contribution in [3.63, 3.8) is 0 Å². The predicted molar refractivity (Wildman–Crippen MR) is 86.3 cm³/mol. The minimum atomic E-state index is -0.374. The number of thiophene rings is 1. The standard InChI is InChI=1S/C14H15BrN2O2S/c1-17(2)12-4-3-9(16)7-10(12)14(18)19-8-13-11(15)5-6-20-13/h3-7H,8,16H2,1-2H3. The molecule has 2 rings (SSSR count). The van der Waals surface area contributed by atoms with Crippen molar-refractivity contribution in [2.75, 3.05) is 24.7 Å². The van der Waals surface area contributed by atoms with E-state index in [1.54, 1.807) is 23.5 Å². The minimum Gasteiger partial charge on any atom is -0.456 e. The quantitative estimate of drug-likeness (QED) is 0.674. The third-order valence-corrected chi connectivity index (χ3v) is 4.65. The van der Waals surface area contributed by atoms with Crippen LogP contribution in [0.25, 0.3) is 0 Å². The van der Waals surface area contributed by atoms with Crippen LogP contribution in [0.4, 0.5) is 11.4 Å². The number of nitrogens with two attached hydrogens (primary N) is 1. The molecule has 0 saturated heterocycles. The van der Waals surface area contributed by atoms with E-state index >= 15 is 0 Å². The SMILES string of the molecule is CN(C)c1ccc(N)cc1C(=O)OCc1sccc1Br. The lowest BCUT2D eigenvalue weighted by Crippen LogP contribution is -2.15. The molecule has 0 bridgehead atoms. The van der Waals surface area contributed by atoms with Crippen LogP contribution in [0.15, 0.2) is 34.1 Å². The monoisotopic (exact) mass is 354 g/mol. The Hall–Kier alpha value is -1.53. The van der Waals surface area contributed by atoms with Gasteiger partial charge in [0.1, 0.15) is 6.61 Å². The fourth-order valence-corrected chi connectivity index (χ4v) is 3.12. The van der Waals surface area contributed by atoms with Crippen molar-refractivity contribution < 1.29 is 9.53 Å². The van der Waals surface area contributed by atoms with Gasteiger partial charge in [0.25, 0.3) is 0 Å². The highest BCUT2D eigenvalue weighted by atomic mass is 79.9. The first-order chi connectivity index (χ1) is 9.49. The molecule has 106 valence electrons. The summed E-state index contributed by atoms with van der Waals surface area (Å²) < 4.78 is 6.31. The van der Waals surface area contributed by atoms with E-state index < -0.39 is 0 Å². The Bertz CT molecular complexity index is 625. The van der Waals surface area contributed by atoms with Gasteiger partial charge in [0, 0.05) is 24.3 Å². The van der Waals surface area contributed by atoms with Crippen LogP contribution in [0, 0.1) is 0 Å². The molecule has 0 aliphatic heterocycles. The molecule has 2 aromatic rings. The molecule has 0 unspecified atom stereocenters. The zero-order valence-electron chi connectivity index (χ0n) is 11.2. The number of anilines is 2. The van der Waals surface area contributed by atoms with E-state index in [9.17, 15) is 4.79 Å². The molecule has 0 atom stereocenters. The lowest BCUT2D eigenvalue weighted by molar-refractivity contribution is 0.0477. The number of rotatable bonds is 4. The number of hydrogen-bond donors (Lipinski definition) is 1. The van der Waals surface area contributed by atoms with E-state index in [0.717, 1.165) is 15.0 Å². The first-order valence-corrected chi connectivity index (χ1v) is 7.62. The summed E-state index contributed by atoms with van der Waals surface area (Å²) in [5.41, 5.74) is 7.55. The summed E-state index contributed by atoms with van der Waals surface area (Å²) in [5.74, 6) is -0.374. The Morgan fingerprint density at radius 3 is 2.75 bits per heavy atom. The second-order valence-electron chi connectivity index (χ2n) is 4.44. The molecular weight excluding hydrogens is 340 g/mol. The molecule has 6 heteroatoms. The molecule has 20 heavy (non-hydrogen) atoms. The largest absolute Gasteiger partial charge is 0.456 e. The summed E-state index contributed by atoms with van der Waals surface area (Å²) in [6.45, 7) is 0.249. The van der Waals surface area contributed by atoms with Crippen molar-refractivity contribution in [1.82, 2.24) is 0 Å². The lowest BCUT2D eigenvalue weighted by Gasteiger charge is -2.17. The van der Waals surface area contributed by atoms with Gasteiger partial charge in [0.15, 0.2) is 0 Å². The Kier molecular flexibility index (Phi) is 4.67. The number of carbonyl (C=O) groups is 1. The third kappa shape index (κ3) is 3.32. The zero-order valence-corrected chi connectivity index (χ0v) is 13.6. The lowest BCUT2D eigenvalue weighted by atomic mass is 10.1. The van der Waals surface area contributed by atoms with Crippen molar-refractivity contribution in [2.45, 2.75) is 6.61 Å². The topological polar surface area (TPSA) is 55.6 Å². The normalized spacial score (nSPS) is 10.3. The molecule has 1 aromatic heterocycles. The molecular formula is C14H15BrN2O2S. The van der Waals surface area contributed by atoms with Crippen LogP contribution < -0.4 is 10.6 Å². The van der Waals surface area contributed by atoms with Crippen molar-refractivity contribution in [3.8, 4) is 0 Å². The van der Waals surface area contributed by atoms with Crippen LogP contribution in [-0.4, -0.2) is 20.1 Å². The molecule has 0 fully saturated rings. The second-order valence-corrected chi connectivity index (χ2v) is 6.29. The number of nitrogen functional groups attached to an aromatic ring is 1. The van der Waals surface area contributed by atoms with Crippen LogP contribution in [0.5, 0.6) is 0 Å². The average molecular weight is 355 g/mol. The second kappa shape index (κ2) is 6.28. The van der Waals surface area contributed by atoms with Crippen molar-refractivity contribution in [1.29, 1.82) is 0 Å². The highest BCUT2D eigenvalue weighted by Gasteiger charge is 2.15. The van der Waals surface area contributed by atoms with E-state index in [0.29, 0.717) is 11.3 Å². The number of hydrogen-bond acceptors (Lipinski definition) is 5. The minimum absolute atomic E-state index is 0.249. The molecule has 4 nitrogen and oxygen atoms in total. The number of nitrogens with zero attached hydrogens (tertiary/aromatic N) is 1. The molecule has 0 radical (unpaired) electrons. The summed E-state index contributed by atoms with van der Waals surface area (Å²) in [5, 5.41) is 1.94. The maximum absolute atomic E-state index is 12.2. The predicted octanol–water partition coefficient (Wildman–Crippen LogP) is 3.52. The van der Waals surface area contributed by atoms with Gasteiger partial charge in [-0.3, -0.25) is 0 Å². The van der Waals surface area contributed by atoms with Gasteiger partial charge in [-0.25, -0.2) is 4.79 Å². The van der Waals surface area contributed by atoms with Crippen molar-refractivity contribution in [2.24, 2.45) is 0 Å². The molecule has 0 aliphatic carbocycles. The molecule has 0 amide bonds. The fourth-order valence-electron chi connectivity index (χ4n) is 1.74. The smallest absolute Gasteiger partial charge is 0.340 e. The molecule has 1 aromatic carbocycles. The van der Waals surface area contributed by atoms with Crippen molar-refractivity contribution >= 4 is 44.6 Å². The highest BCUT2D eigenvalue weighted by Crippen LogP contribution is 2.26. The number of benzene rings is 1. The Labute approximate surface area is 130 Å².